The Morgan fingerprint density at radius 3 is 2.72 bits per heavy atom. The van der Waals surface area contributed by atoms with Crippen molar-refractivity contribution in [2.75, 3.05) is 31.1 Å². The van der Waals surface area contributed by atoms with Crippen molar-refractivity contribution < 1.29 is 19.8 Å². The summed E-state index contributed by atoms with van der Waals surface area (Å²) in [7, 11) is 0. The maximum Gasteiger partial charge on any atom is 0.323 e. The van der Waals surface area contributed by atoms with E-state index in [4.69, 9.17) is 22.4 Å². The van der Waals surface area contributed by atoms with Crippen molar-refractivity contribution in [3.8, 4) is 0 Å². The van der Waals surface area contributed by atoms with E-state index in [1.54, 1.807) is 6.08 Å². The number of anilines is 1. The van der Waals surface area contributed by atoms with Gasteiger partial charge in [-0.05, 0) is 43.2 Å². The maximum absolute atomic E-state index is 12.3. The lowest BCUT2D eigenvalue weighted by Gasteiger charge is -2.22. The highest BCUT2D eigenvalue weighted by atomic mass is 32.2. The van der Waals surface area contributed by atoms with Crippen molar-refractivity contribution >= 4 is 51.9 Å². The largest absolute Gasteiger partial charge is 0.480 e. The number of thiocarbonyl (C=S) groups is 1. The summed E-state index contributed by atoms with van der Waals surface area (Å²) in [4.78, 5) is 26.7. The molecular formula is C17H20N2O4S2. The molecule has 134 valence electrons. The minimum absolute atomic E-state index is 0.0840. The molecule has 1 fully saturated rings. The van der Waals surface area contributed by atoms with Crippen LogP contribution in [0.5, 0.6) is 0 Å². The number of likely N-dealkylation sites (N-methyl/N-ethyl adjacent to an activating group) is 1. The van der Waals surface area contributed by atoms with Crippen molar-refractivity contribution in [1.82, 2.24) is 4.90 Å². The molecule has 2 N–H and O–H groups in total. The zero-order chi connectivity index (χ0) is 18.6. The summed E-state index contributed by atoms with van der Waals surface area (Å²) in [6.07, 6.45) is 1.74. The van der Waals surface area contributed by atoms with E-state index in [9.17, 15) is 9.59 Å². The normalized spacial score (nSPS) is 16.0. The van der Waals surface area contributed by atoms with E-state index in [2.05, 4.69) is 4.90 Å². The zero-order valence-electron chi connectivity index (χ0n) is 14.1. The number of aliphatic hydroxyl groups excluding tert-OH is 1. The number of carboxylic acids is 1. The smallest absolute Gasteiger partial charge is 0.323 e. The highest BCUT2D eigenvalue weighted by Gasteiger charge is 2.33. The number of hydrogen-bond acceptors (Lipinski definition) is 6. The molecule has 0 saturated carbocycles. The number of aliphatic carboxylic acids is 1. The summed E-state index contributed by atoms with van der Waals surface area (Å²) < 4.78 is 0.257. The number of aryl methyl sites for hydroxylation is 1. The van der Waals surface area contributed by atoms with Crippen LogP contribution in [0.2, 0.25) is 0 Å². The summed E-state index contributed by atoms with van der Waals surface area (Å²) in [5.41, 5.74) is 2.86. The Balaban J connectivity index is 2.25. The third-order valence-corrected chi connectivity index (χ3v) is 5.20. The molecule has 1 aromatic rings. The highest BCUT2D eigenvalue weighted by Crippen LogP contribution is 2.33. The van der Waals surface area contributed by atoms with Gasteiger partial charge in [-0.3, -0.25) is 14.5 Å². The number of carbonyl (C=O) groups is 2. The van der Waals surface area contributed by atoms with Crippen LogP contribution < -0.4 is 4.90 Å². The average Bonchev–Trinajstić information content (AvgIpc) is 2.81. The van der Waals surface area contributed by atoms with Gasteiger partial charge in [-0.2, -0.15) is 0 Å². The van der Waals surface area contributed by atoms with Gasteiger partial charge in [0, 0.05) is 18.8 Å². The van der Waals surface area contributed by atoms with Crippen LogP contribution in [0, 0.1) is 6.92 Å². The number of hydrogen-bond donors (Lipinski definition) is 2. The lowest BCUT2D eigenvalue weighted by atomic mass is 10.1. The molecule has 25 heavy (non-hydrogen) atoms. The van der Waals surface area contributed by atoms with Crippen LogP contribution in [0.3, 0.4) is 0 Å². The second-order valence-corrected chi connectivity index (χ2v) is 7.18. The quantitative estimate of drug-likeness (QED) is 0.554. The Bertz CT molecular complexity index is 733. The van der Waals surface area contributed by atoms with Gasteiger partial charge in [-0.1, -0.05) is 30.0 Å². The van der Waals surface area contributed by atoms with Crippen molar-refractivity contribution in [1.29, 1.82) is 0 Å². The predicted molar refractivity (Wildman–Crippen MR) is 104 cm³/mol. The van der Waals surface area contributed by atoms with E-state index in [0.29, 0.717) is 11.4 Å². The van der Waals surface area contributed by atoms with Gasteiger partial charge < -0.3 is 15.1 Å². The summed E-state index contributed by atoms with van der Waals surface area (Å²) >= 11 is 6.21. The van der Waals surface area contributed by atoms with Crippen LogP contribution in [-0.2, 0) is 9.59 Å². The third-order valence-electron chi connectivity index (χ3n) is 3.82. The topological polar surface area (TPSA) is 81.1 Å². The number of benzene rings is 1. The Morgan fingerprint density at radius 2 is 2.16 bits per heavy atom. The molecule has 1 aromatic carbocycles. The number of carbonyl (C=O) groups excluding carboxylic acids is 1. The van der Waals surface area contributed by atoms with Gasteiger partial charge in [-0.15, -0.1) is 0 Å². The van der Waals surface area contributed by atoms with E-state index in [1.165, 1.54) is 0 Å². The number of thioether (sulfide) groups is 1. The summed E-state index contributed by atoms with van der Waals surface area (Å²) in [6.45, 7) is 4.97. The molecule has 1 aliphatic heterocycles. The lowest BCUT2D eigenvalue weighted by Crippen LogP contribution is -2.33. The molecule has 6 nitrogen and oxygen atoms in total. The summed E-state index contributed by atoms with van der Waals surface area (Å²) in [6, 6.07) is 5.85. The number of carboxylic acid groups (broad SMARTS) is 1. The molecular weight excluding hydrogens is 360 g/mol. The molecule has 0 spiro atoms. The third kappa shape index (κ3) is 4.59. The molecule has 0 atom stereocenters. The van der Waals surface area contributed by atoms with E-state index >= 15 is 0 Å². The van der Waals surface area contributed by atoms with Crippen LogP contribution in [-0.4, -0.2) is 57.6 Å². The lowest BCUT2D eigenvalue weighted by molar-refractivity contribution is -0.140. The number of aliphatic hydroxyl groups is 1. The van der Waals surface area contributed by atoms with Gasteiger partial charge in [0.15, 0.2) is 0 Å². The summed E-state index contributed by atoms with van der Waals surface area (Å²) in [5, 5.41) is 18.0. The van der Waals surface area contributed by atoms with Crippen molar-refractivity contribution in [2.45, 2.75) is 13.8 Å². The molecule has 1 heterocycles. The molecule has 1 aliphatic rings. The fourth-order valence-corrected chi connectivity index (χ4v) is 3.77. The van der Waals surface area contributed by atoms with Crippen molar-refractivity contribution in [3.05, 3.63) is 34.2 Å². The Morgan fingerprint density at radius 1 is 1.44 bits per heavy atom. The standard InChI is InChI=1S/C17H20N2O4S2/c1-3-18(6-7-20)13-5-4-12(11(2)8-13)9-14-16(23)19(10-15(21)22)17(24)25-14/h4-5,8-9,20H,3,6-7,10H2,1-2H3,(H,21,22)/b14-9-. The van der Waals surface area contributed by atoms with Gasteiger partial charge in [0.25, 0.3) is 5.91 Å². The van der Waals surface area contributed by atoms with Gasteiger partial charge in [-0.25, -0.2) is 0 Å². The van der Waals surface area contributed by atoms with Gasteiger partial charge >= 0.3 is 5.97 Å². The minimum atomic E-state index is -1.10. The van der Waals surface area contributed by atoms with E-state index < -0.39 is 12.5 Å². The zero-order valence-corrected chi connectivity index (χ0v) is 15.7. The second kappa shape index (κ2) is 8.46. The molecule has 0 unspecified atom stereocenters. The highest BCUT2D eigenvalue weighted by molar-refractivity contribution is 8.26. The Hall–Kier alpha value is -1.90. The minimum Gasteiger partial charge on any atom is -0.480 e. The molecule has 0 aromatic heterocycles. The monoisotopic (exact) mass is 380 g/mol. The molecule has 2 rings (SSSR count). The SMILES string of the molecule is CCN(CCO)c1ccc(/C=C2\SC(=S)N(CC(=O)O)C2=O)c(C)c1. The van der Waals surface area contributed by atoms with Gasteiger partial charge in [0.1, 0.15) is 10.9 Å². The Labute approximate surface area is 156 Å². The first-order valence-electron chi connectivity index (χ1n) is 7.81. The van der Waals surface area contributed by atoms with Crippen LogP contribution >= 0.6 is 24.0 Å². The van der Waals surface area contributed by atoms with Crippen molar-refractivity contribution in [3.63, 3.8) is 0 Å². The molecule has 1 saturated heterocycles. The molecule has 1 amide bonds. The second-order valence-electron chi connectivity index (χ2n) is 5.51. The fraction of sp³-hybridized carbons (Fsp3) is 0.353. The average molecular weight is 380 g/mol. The van der Waals surface area contributed by atoms with E-state index in [1.807, 2.05) is 32.0 Å². The molecule has 0 radical (unpaired) electrons. The number of rotatable bonds is 7. The van der Waals surface area contributed by atoms with Crippen LogP contribution in [0.25, 0.3) is 6.08 Å². The maximum atomic E-state index is 12.3. The van der Waals surface area contributed by atoms with Crippen LogP contribution in [0.4, 0.5) is 5.69 Å². The first kappa shape index (κ1) is 19.4. The van der Waals surface area contributed by atoms with E-state index in [0.717, 1.165) is 40.0 Å². The first-order valence-corrected chi connectivity index (χ1v) is 9.03. The predicted octanol–water partition coefficient (Wildman–Crippen LogP) is 2.10. The van der Waals surface area contributed by atoms with Crippen LogP contribution in [0.15, 0.2) is 23.1 Å². The van der Waals surface area contributed by atoms with Gasteiger partial charge in [0.05, 0.1) is 11.5 Å². The first-order chi connectivity index (χ1) is 11.9. The van der Waals surface area contributed by atoms with Crippen LogP contribution in [0.1, 0.15) is 18.1 Å². The van der Waals surface area contributed by atoms with Crippen molar-refractivity contribution in [2.24, 2.45) is 0 Å². The molecule has 0 bridgehead atoms. The summed E-state index contributed by atoms with van der Waals surface area (Å²) in [5.74, 6) is -1.47. The van der Waals surface area contributed by atoms with E-state index in [-0.39, 0.29) is 16.8 Å². The molecule has 0 aliphatic carbocycles. The number of nitrogens with zero attached hydrogens (tertiary/aromatic N) is 2. The Kier molecular flexibility index (Phi) is 6.57. The van der Waals surface area contributed by atoms with Gasteiger partial charge in [0.2, 0.25) is 0 Å². The number of amides is 1. The molecule has 8 heteroatoms. The fourth-order valence-electron chi connectivity index (χ4n) is 2.52.